The van der Waals surface area contributed by atoms with Crippen LogP contribution in [0.2, 0.25) is 0 Å². The molecule has 1 aromatic heterocycles. The Balaban J connectivity index is 1.91. The normalized spacial score (nSPS) is 20.4. The van der Waals surface area contributed by atoms with Gasteiger partial charge in [-0.1, -0.05) is 48.0 Å². The lowest BCUT2D eigenvalue weighted by molar-refractivity contribution is -0.139. The molecule has 3 N–H and O–H groups in total. The Labute approximate surface area is 134 Å². The fourth-order valence-corrected chi connectivity index (χ4v) is 3.51. The summed E-state index contributed by atoms with van der Waals surface area (Å²) < 4.78 is 0. The van der Waals surface area contributed by atoms with Crippen molar-refractivity contribution in [1.82, 2.24) is 10.3 Å². The first-order valence-corrected chi connectivity index (χ1v) is 7.78. The summed E-state index contributed by atoms with van der Waals surface area (Å²) in [5.41, 5.74) is 5.50. The van der Waals surface area contributed by atoms with Gasteiger partial charge in [-0.3, -0.25) is 10.1 Å². The van der Waals surface area contributed by atoms with Gasteiger partial charge in [0.15, 0.2) is 0 Å². The second-order valence-corrected chi connectivity index (χ2v) is 6.17. The fourth-order valence-electron chi connectivity index (χ4n) is 3.51. The van der Waals surface area contributed by atoms with Crippen LogP contribution in [0.15, 0.2) is 48.5 Å². The topological polar surface area (TPSA) is 65.1 Å². The van der Waals surface area contributed by atoms with Crippen molar-refractivity contribution < 1.29 is 9.90 Å². The summed E-state index contributed by atoms with van der Waals surface area (Å²) in [6, 6.07) is 15.6. The highest BCUT2D eigenvalue weighted by Crippen LogP contribution is 2.35. The van der Waals surface area contributed by atoms with Gasteiger partial charge in [0.1, 0.15) is 6.04 Å². The Bertz CT molecular complexity index is 897. The van der Waals surface area contributed by atoms with Gasteiger partial charge < -0.3 is 10.1 Å². The standard InChI is InChI=1S/C19H18N2O2/c1-11-5-4-6-12(9-11)17-18-14(10-16(21-17)19(22)23)13-7-2-3-8-15(13)20-18/h2-9,16-17,20-21H,10H2,1H3,(H,22,23). The lowest BCUT2D eigenvalue weighted by atomic mass is 9.90. The first-order valence-electron chi connectivity index (χ1n) is 7.78. The molecule has 4 nitrogen and oxygen atoms in total. The number of aryl methyl sites for hydroxylation is 1. The number of aromatic amines is 1. The number of rotatable bonds is 2. The maximum absolute atomic E-state index is 11.6. The van der Waals surface area contributed by atoms with Crippen LogP contribution < -0.4 is 5.32 Å². The number of aliphatic carboxylic acids is 1. The molecule has 1 aliphatic heterocycles. The first-order chi connectivity index (χ1) is 11.1. The van der Waals surface area contributed by atoms with Gasteiger partial charge >= 0.3 is 5.97 Å². The number of carbonyl (C=O) groups is 1. The van der Waals surface area contributed by atoms with Crippen LogP contribution in [-0.2, 0) is 11.2 Å². The van der Waals surface area contributed by atoms with Crippen LogP contribution in [0.1, 0.15) is 28.4 Å². The van der Waals surface area contributed by atoms with Crippen LogP contribution in [0.5, 0.6) is 0 Å². The molecule has 0 saturated carbocycles. The van der Waals surface area contributed by atoms with Crippen LogP contribution >= 0.6 is 0 Å². The van der Waals surface area contributed by atoms with E-state index in [4.69, 9.17) is 0 Å². The predicted octanol–water partition coefficient (Wildman–Crippen LogP) is 3.16. The number of aromatic nitrogens is 1. The van der Waals surface area contributed by atoms with E-state index in [1.165, 1.54) is 5.56 Å². The number of benzene rings is 2. The third-order valence-corrected chi connectivity index (χ3v) is 4.58. The summed E-state index contributed by atoms with van der Waals surface area (Å²) in [6.45, 7) is 2.05. The number of H-pyrrole nitrogens is 1. The first kappa shape index (κ1) is 14.0. The molecule has 0 fully saturated rings. The van der Waals surface area contributed by atoms with E-state index >= 15 is 0 Å². The molecule has 3 aromatic rings. The number of hydrogen-bond acceptors (Lipinski definition) is 2. The van der Waals surface area contributed by atoms with Crippen molar-refractivity contribution >= 4 is 16.9 Å². The molecule has 0 radical (unpaired) electrons. The third-order valence-electron chi connectivity index (χ3n) is 4.58. The van der Waals surface area contributed by atoms with Gasteiger partial charge in [0.2, 0.25) is 0 Å². The van der Waals surface area contributed by atoms with Crippen LogP contribution in [0.4, 0.5) is 0 Å². The zero-order valence-electron chi connectivity index (χ0n) is 12.8. The van der Waals surface area contributed by atoms with Gasteiger partial charge in [-0.05, 0) is 24.1 Å². The molecular formula is C19H18N2O2. The van der Waals surface area contributed by atoms with E-state index < -0.39 is 12.0 Å². The Morgan fingerprint density at radius 2 is 2.00 bits per heavy atom. The summed E-state index contributed by atoms with van der Waals surface area (Å²) in [7, 11) is 0. The average molecular weight is 306 g/mol. The lowest BCUT2D eigenvalue weighted by Gasteiger charge is -2.29. The van der Waals surface area contributed by atoms with Crippen molar-refractivity contribution in [3.8, 4) is 0 Å². The molecule has 0 amide bonds. The molecule has 23 heavy (non-hydrogen) atoms. The molecule has 0 bridgehead atoms. The quantitative estimate of drug-likeness (QED) is 0.681. The fraction of sp³-hybridized carbons (Fsp3) is 0.211. The van der Waals surface area contributed by atoms with Gasteiger partial charge in [-0.2, -0.15) is 0 Å². The summed E-state index contributed by atoms with van der Waals surface area (Å²) in [4.78, 5) is 15.1. The van der Waals surface area contributed by atoms with Crippen LogP contribution in [0.25, 0.3) is 10.9 Å². The van der Waals surface area contributed by atoms with Crippen LogP contribution in [0, 0.1) is 6.92 Å². The number of nitrogens with one attached hydrogen (secondary N) is 2. The van der Waals surface area contributed by atoms with Crippen molar-refractivity contribution in [2.24, 2.45) is 0 Å². The SMILES string of the molecule is Cc1cccc(C2NC(C(=O)O)Cc3c2[nH]c2ccccc32)c1. The van der Waals surface area contributed by atoms with E-state index in [0.717, 1.165) is 27.7 Å². The van der Waals surface area contributed by atoms with Gasteiger partial charge in [0, 0.05) is 23.0 Å². The Hall–Kier alpha value is -2.59. The van der Waals surface area contributed by atoms with Crippen molar-refractivity contribution in [2.45, 2.75) is 25.4 Å². The molecule has 2 heterocycles. The largest absolute Gasteiger partial charge is 0.480 e. The van der Waals surface area contributed by atoms with Crippen LogP contribution in [-0.4, -0.2) is 22.1 Å². The Morgan fingerprint density at radius 1 is 1.17 bits per heavy atom. The highest BCUT2D eigenvalue weighted by atomic mass is 16.4. The van der Waals surface area contributed by atoms with E-state index in [9.17, 15) is 9.90 Å². The minimum absolute atomic E-state index is 0.132. The monoisotopic (exact) mass is 306 g/mol. The number of fused-ring (bicyclic) bond motifs is 3. The Kier molecular flexibility index (Phi) is 3.20. The van der Waals surface area contributed by atoms with Gasteiger partial charge in [-0.25, -0.2) is 0 Å². The number of para-hydroxylation sites is 1. The van der Waals surface area contributed by atoms with Gasteiger partial charge in [0.25, 0.3) is 0 Å². The van der Waals surface area contributed by atoms with Crippen molar-refractivity contribution in [1.29, 1.82) is 0 Å². The maximum Gasteiger partial charge on any atom is 0.321 e. The molecule has 1 aliphatic rings. The summed E-state index contributed by atoms with van der Waals surface area (Å²) in [5, 5.41) is 13.9. The van der Waals surface area contributed by atoms with E-state index in [1.807, 2.05) is 43.3 Å². The minimum atomic E-state index is -0.807. The number of carboxylic acid groups (broad SMARTS) is 1. The van der Waals surface area contributed by atoms with Crippen molar-refractivity contribution in [3.63, 3.8) is 0 Å². The Morgan fingerprint density at radius 3 is 2.78 bits per heavy atom. The van der Waals surface area contributed by atoms with Crippen molar-refractivity contribution in [2.75, 3.05) is 0 Å². The maximum atomic E-state index is 11.6. The molecule has 0 spiro atoms. The second-order valence-electron chi connectivity index (χ2n) is 6.17. The van der Waals surface area contributed by atoms with E-state index in [2.05, 4.69) is 22.4 Å². The van der Waals surface area contributed by atoms with Gasteiger partial charge in [0.05, 0.1) is 6.04 Å². The van der Waals surface area contributed by atoms with E-state index in [-0.39, 0.29) is 6.04 Å². The smallest absolute Gasteiger partial charge is 0.321 e. The average Bonchev–Trinajstić information content (AvgIpc) is 2.92. The highest BCUT2D eigenvalue weighted by molar-refractivity contribution is 5.87. The number of hydrogen-bond donors (Lipinski definition) is 3. The zero-order chi connectivity index (χ0) is 16.0. The summed E-state index contributed by atoms with van der Waals surface area (Å²) in [6.07, 6.45) is 0.497. The van der Waals surface area contributed by atoms with Gasteiger partial charge in [-0.15, -0.1) is 0 Å². The van der Waals surface area contributed by atoms with E-state index in [0.29, 0.717) is 6.42 Å². The minimum Gasteiger partial charge on any atom is -0.480 e. The molecule has 4 heteroatoms. The molecule has 116 valence electrons. The summed E-state index contributed by atoms with van der Waals surface area (Å²) in [5.74, 6) is -0.807. The highest BCUT2D eigenvalue weighted by Gasteiger charge is 2.33. The predicted molar refractivity (Wildman–Crippen MR) is 89.6 cm³/mol. The molecule has 2 aromatic carbocycles. The molecular weight excluding hydrogens is 288 g/mol. The van der Waals surface area contributed by atoms with Crippen LogP contribution in [0.3, 0.4) is 0 Å². The molecule has 2 unspecified atom stereocenters. The lowest BCUT2D eigenvalue weighted by Crippen LogP contribution is -2.44. The number of carboxylic acids is 1. The molecule has 2 atom stereocenters. The second kappa shape index (κ2) is 5.25. The molecule has 4 rings (SSSR count). The molecule has 0 saturated heterocycles. The molecule has 0 aliphatic carbocycles. The van der Waals surface area contributed by atoms with Crippen molar-refractivity contribution in [3.05, 3.63) is 70.9 Å². The zero-order valence-corrected chi connectivity index (χ0v) is 12.8. The van der Waals surface area contributed by atoms with E-state index in [1.54, 1.807) is 0 Å². The summed E-state index contributed by atoms with van der Waals surface area (Å²) >= 11 is 0. The third kappa shape index (κ3) is 2.32.